The van der Waals surface area contributed by atoms with Gasteiger partial charge in [-0.2, -0.15) is 0 Å². The molecule has 0 bridgehead atoms. The Morgan fingerprint density at radius 3 is 2.92 bits per heavy atom. The fraction of sp³-hybridized carbons (Fsp3) is 0.200. The third kappa shape index (κ3) is 0.691. The molecule has 1 N–H and O–H groups in total. The fourth-order valence-corrected chi connectivity index (χ4v) is 2.18. The monoisotopic (exact) mass is 173 g/mol. The highest BCUT2D eigenvalue weighted by molar-refractivity contribution is 6.09. The maximum absolute atomic E-state index is 11.4. The van der Waals surface area contributed by atoms with Gasteiger partial charge in [-0.15, -0.1) is 0 Å². The van der Waals surface area contributed by atoms with Crippen LogP contribution in [-0.4, -0.2) is 11.8 Å². The van der Waals surface area contributed by atoms with Gasteiger partial charge in [0.2, 0.25) is 11.8 Å². The Kier molecular flexibility index (Phi) is 1.05. The SMILES string of the molecule is O=C1NC(=O)[C@@H]2C=C3C=CC=C3[C@H]12. The smallest absolute Gasteiger partial charge is 0.235 e. The predicted octanol–water partition coefficient (Wildman–Crippen LogP) is 0.311. The van der Waals surface area contributed by atoms with Crippen LogP contribution < -0.4 is 5.32 Å². The number of rotatable bonds is 0. The van der Waals surface area contributed by atoms with Crippen LogP contribution in [0.4, 0.5) is 0 Å². The normalized spacial score (nSPS) is 34.2. The summed E-state index contributed by atoms with van der Waals surface area (Å²) in [6, 6.07) is 0. The van der Waals surface area contributed by atoms with Gasteiger partial charge in [0.25, 0.3) is 0 Å². The summed E-state index contributed by atoms with van der Waals surface area (Å²) in [4.78, 5) is 22.6. The van der Waals surface area contributed by atoms with E-state index in [2.05, 4.69) is 5.32 Å². The van der Waals surface area contributed by atoms with Gasteiger partial charge in [0.1, 0.15) is 0 Å². The van der Waals surface area contributed by atoms with E-state index in [-0.39, 0.29) is 23.7 Å². The summed E-state index contributed by atoms with van der Waals surface area (Å²) in [5.41, 5.74) is 2.03. The summed E-state index contributed by atoms with van der Waals surface area (Å²) in [5, 5.41) is 2.34. The highest BCUT2D eigenvalue weighted by Gasteiger charge is 2.47. The number of amides is 2. The van der Waals surface area contributed by atoms with E-state index in [9.17, 15) is 9.59 Å². The van der Waals surface area contributed by atoms with E-state index in [1.54, 1.807) is 0 Å². The number of allylic oxidation sites excluding steroid dienone is 4. The van der Waals surface area contributed by atoms with Crippen molar-refractivity contribution in [3.63, 3.8) is 0 Å². The molecule has 3 aliphatic rings. The van der Waals surface area contributed by atoms with Crippen molar-refractivity contribution in [3.05, 3.63) is 35.5 Å². The number of hydrogen-bond donors (Lipinski definition) is 1. The largest absolute Gasteiger partial charge is 0.295 e. The summed E-state index contributed by atoms with van der Waals surface area (Å²) < 4.78 is 0. The molecule has 0 aromatic carbocycles. The van der Waals surface area contributed by atoms with Crippen molar-refractivity contribution in [3.8, 4) is 0 Å². The molecule has 1 fully saturated rings. The van der Waals surface area contributed by atoms with Crippen molar-refractivity contribution < 1.29 is 9.59 Å². The van der Waals surface area contributed by atoms with Crippen LogP contribution in [0.3, 0.4) is 0 Å². The molecule has 0 unspecified atom stereocenters. The van der Waals surface area contributed by atoms with E-state index in [4.69, 9.17) is 0 Å². The molecule has 0 aromatic rings. The number of hydrogen-bond acceptors (Lipinski definition) is 2. The quantitative estimate of drug-likeness (QED) is 0.536. The first-order valence-corrected chi connectivity index (χ1v) is 4.22. The zero-order valence-electron chi connectivity index (χ0n) is 6.78. The second-order valence-corrected chi connectivity index (χ2v) is 3.46. The number of fused-ring (bicyclic) bond motifs is 3. The third-order valence-electron chi connectivity index (χ3n) is 2.77. The molecule has 0 aromatic heterocycles. The maximum Gasteiger partial charge on any atom is 0.235 e. The van der Waals surface area contributed by atoms with Gasteiger partial charge in [0.05, 0.1) is 11.8 Å². The van der Waals surface area contributed by atoms with Crippen LogP contribution in [-0.2, 0) is 9.59 Å². The van der Waals surface area contributed by atoms with Gasteiger partial charge in [0.15, 0.2) is 0 Å². The Bertz CT molecular complexity index is 415. The number of carbonyl (C=O) groups excluding carboxylic acids is 2. The molecule has 0 spiro atoms. The molecule has 64 valence electrons. The average Bonchev–Trinajstić information content (AvgIpc) is 2.63. The lowest BCUT2D eigenvalue weighted by Crippen LogP contribution is -2.23. The summed E-state index contributed by atoms with van der Waals surface area (Å²) in [5.74, 6) is -0.821. The van der Waals surface area contributed by atoms with E-state index in [0.29, 0.717) is 0 Å². The van der Waals surface area contributed by atoms with Crippen LogP contribution in [0.25, 0.3) is 0 Å². The average molecular weight is 173 g/mol. The van der Waals surface area contributed by atoms with Crippen LogP contribution in [0.1, 0.15) is 0 Å². The third-order valence-corrected chi connectivity index (χ3v) is 2.77. The van der Waals surface area contributed by atoms with Crippen LogP contribution >= 0.6 is 0 Å². The number of carbonyl (C=O) groups is 2. The molecule has 2 atom stereocenters. The first kappa shape index (κ1) is 6.83. The molecule has 1 aliphatic heterocycles. The topological polar surface area (TPSA) is 46.2 Å². The second kappa shape index (κ2) is 1.99. The minimum absolute atomic E-state index is 0.156. The standard InChI is InChI=1S/C10H7NO2/c12-9-7-4-5-2-1-3-6(5)8(7)10(13)11-9/h1-4,7-8H,(H,11,12,13)/t7-,8+/m1/s1. The molecule has 2 amide bonds. The molecule has 13 heavy (non-hydrogen) atoms. The molecule has 0 saturated carbocycles. The lowest BCUT2D eigenvalue weighted by molar-refractivity contribution is -0.125. The summed E-state index contributed by atoms with van der Waals surface area (Å²) >= 11 is 0. The molecule has 1 saturated heterocycles. The van der Waals surface area contributed by atoms with Crippen LogP contribution in [0.5, 0.6) is 0 Å². The molecular weight excluding hydrogens is 166 g/mol. The van der Waals surface area contributed by atoms with Gasteiger partial charge >= 0.3 is 0 Å². The van der Waals surface area contributed by atoms with Crippen LogP contribution in [0, 0.1) is 11.8 Å². The molecule has 3 rings (SSSR count). The molecule has 0 radical (unpaired) electrons. The first-order chi connectivity index (χ1) is 6.27. The van der Waals surface area contributed by atoms with Crippen molar-refractivity contribution >= 4 is 11.8 Å². The van der Waals surface area contributed by atoms with Gasteiger partial charge < -0.3 is 0 Å². The predicted molar refractivity (Wildman–Crippen MR) is 45.4 cm³/mol. The van der Waals surface area contributed by atoms with Gasteiger partial charge in [-0.1, -0.05) is 24.3 Å². The molecular formula is C10H7NO2. The highest BCUT2D eigenvalue weighted by atomic mass is 16.2. The number of imide groups is 1. The van der Waals surface area contributed by atoms with E-state index < -0.39 is 0 Å². The van der Waals surface area contributed by atoms with Gasteiger partial charge in [-0.05, 0) is 11.1 Å². The van der Waals surface area contributed by atoms with E-state index >= 15 is 0 Å². The zero-order chi connectivity index (χ0) is 9.00. The van der Waals surface area contributed by atoms with E-state index in [1.807, 2.05) is 24.3 Å². The highest BCUT2D eigenvalue weighted by Crippen LogP contribution is 2.41. The molecule has 2 aliphatic carbocycles. The Balaban J connectivity index is 2.14. The van der Waals surface area contributed by atoms with Gasteiger partial charge in [-0.25, -0.2) is 0 Å². The van der Waals surface area contributed by atoms with Crippen molar-refractivity contribution in [1.29, 1.82) is 0 Å². The van der Waals surface area contributed by atoms with Crippen molar-refractivity contribution in [2.24, 2.45) is 11.8 Å². The first-order valence-electron chi connectivity index (χ1n) is 4.22. The van der Waals surface area contributed by atoms with Crippen molar-refractivity contribution in [1.82, 2.24) is 5.32 Å². The number of nitrogens with one attached hydrogen (secondary N) is 1. The maximum atomic E-state index is 11.4. The van der Waals surface area contributed by atoms with Gasteiger partial charge in [0, 0.05) is 0 Å². The van der Waals surface area contributed by atoms with Crippen LogP contribution in [0.2, 0.25) is 0 Å². The minimum Gasteiger partial charge on any atom is -0.295 e. The second-order valence-electron chi connectivity index (χ2n) is 3.46. The lowest BCUT2D eigenvalue weighted by Gasteiger charge is -2.04. The van der Waals surface area contributed by atoms with Crippen LogP contribution in [0.15, 0.2) is 35.5 Å². The summed E-state index contributed by atoms with van der Waals surface area (Å²) in [6.07, 6.45) is 7.64. The molecule has 1 heterocycles. The summed E-state index contributed by atoms with van der Waals surface area (Å²) in [6.45, 7) is 0. The Hall–Kier alpha value is -1.64. The van der Waals surface area contributed by atoms with Crippen molar-refractivity contribution in [2.75, 3.05) is 0 Å². The zero-order valence-corrected chi connectivity index (χ0v) is 6.78. The fourth-order valence-electron chi connectivity index (χ4n) is 2.18. The molecule has 3 nitrogen and oxygen atoms in total. The van der Waals surface area contributed by atoms with Crippen molar-refractivity contribution in [2.45, 2.75) is 0 Å². The Labute approximate surface area is 74.8 Å². The van der Waals surface area contributed by atoms with E-state index in [1.165, 1.54) is 0 Å². The minimum atomic E-state index is -0.252. The van der Waals surface area contributed by atoms with E-state index in [0.717, 1.165) is 11.1 Å². The molecule has 3 heteroatoms. The Morgan fingerprint density at radius 2 is 2.08 bits per heavy atom. The Morgan fingerprint density at radius 1 is 1.23 bits per heavy atom. The summed E-state index contributed by atoms with van der Waals surface area (Å²) in [7, 11) is 0. The van der Waals surface area contributed by atoms with Gasteiger partial charge in [-0.3, -0.25) is 14.9 Å². The lowest BCUT2D eigenvalue weighted by atomic mass is 9.94.